The lowest BCUT2D eigenvalue weighted by atomic mass is 9.95. The molecule has 4 nitrogen and oxygen atoms in total. The predicted octanol–water partition coefficient (Wildman–Crippen LogP) is 12.7. The van der Waals surface area contributed by atoms with E-state index >= 15 is 0 Å². The number of aliphatic imine (C=N–C) groups is 2. The molecule has 0 aliphatic carbocycles. The van der Waals surface area contributed by atoms with Crippen molar-refractivity contribution in [2.75, 3.05) is 0 Å². The Balaban J connectivity index is 1.18. The second-order valence-corrected chi connectivity index (χ2v) is 13.8. The molecule has 0 spiro atoms. The number of amidine groups is 2. The van der Waals surface area contributed by atoms with Crippen molar-refractivity contribution in [2.24, 2.45) is 9.98 Å². The van der Waals surface area contributed by atoms with E-state index in [9.17, 15) is 0 Å². The Bertz CT molecular complexity index is 2840. The van der Waals surface area contributed by atoms with Gasteiger partial charge in [-0.1, -0.05) is 188 Å². The molecule has 0 saturated carbocycles. The fourth-order valence-corrected chi connectivity index (χ4v) is 7.61. The van der Waals surface area contributed by atoms with Gasteiger partial charge in [0.2, 0.25) is 0 Å². The molecule has 9 aromatic rings. The Labute approximate surface area is 319 Å². The summed E-state index contributed by atoms with van der Waals surface area (Å²) >= 11 is 0. The molecular weight excluding hydrogens is 671 g/mol. The summed E-state index contributed by atoms with van der Waals surface area (Å²) < 4.78 is 7.09. The van der Waals surface area contributed by atoms with Gasteiger partial charge >= 0.3 is 0 Å². The van der Waals surface area contributed by atoms with Gasteiger partial charge in [0.1, 0.15) is 23.2 Å². The zero-order valence-corrected chi connectivity index (χ0v) is 29.9. The zero-order valence-electron chi connectivity index (χ0n) is 29.9. The molecule has 0 saturated heterocycles. The number of hydrogen-bond acceptors (Lipinski definition) is 4. The number of nitrogens with zero attached hydrogens (tertiary/aromatic N) is 2. The van der Waals surface area contributed by atoms with Gasteiger partial charge in [-0.15, -0.1) is 0 Å². The van der Waals surface area contributed by atoms with Crippen LogP contribution in [0.4, 0.5) is 0 Å². The molecule has 1 aliphatic heterocycles. The van der Waals surface area contributed by atoms with E-state index in [1.807, 2.05) is 48.5 Å². The Morgan fingerprint density at radius 3 is 1.44 bits per heavy atom. The molecule has 10 rings (SSSR count). The second-order valence-electron chi connectivity index (χ2n) is 13.8. The van der Waals surface area contributed by atoms with E-state index in [0.29, 0.717) is 5.84 Å². The summed E-state index contributed by atoms with van der Waals surface area (Å²) in [6.07, 6.45) is -0.319. The van der Waals surface area contributed by atoms with Gasteiger partial charge in [0.25, 0.3) is 0 Å². The highest BCUT2D eigenvalue weighted by Gasteiger charge is 2.25. The fourth-order valence-electron chi connectivity index (χ4n) is 7.61. The highest BCUT2D eigenvalue weighted by atomic mass is 16.3. The maximum Gasteiger partial charge on any atom is 0.160 e. The summed E-state index contributed by atoms with van der Waals surface area (Å²) in [6, 6.07) is 69.8. The van der Waals surface area contributed by atoms with E-state index in [0.717, 1.165) is 66.7 Å². The highest BCUT2D eigenvalue weighted by molar-refractivity contribution is 6.24. The lowest BCUT2D eigenvalue weighted by molar-refractivity contribution is 0.670. The molecule has 260 valence electrons. The van der Waals surface area contributed by atoms with Crippen LogP contribution in [0.5, 0.6) is 0 Å². The van der Waals surface area contributed by atoms with Gasteiger partial charge in [-0.3, -0.25) is 0 Å². The molecule has 0 amide bonds. The van der Waals surface area contributed by atoms with Crippen LogP contribution in [-0.4, -0.2) is 11.7 Å². The minimum atomic E-state index is -0.319. The summed E-state index contributed by atoms with van der Waals surface area (Å²) in [7, 11) is 0. The second kappa shape index (κ2) is 13.9. The molecule has 4 heteroatoms. The van der Waals surface area contributed by atoms with Crippen LogP contribution in [0.15, 0.2) is 215 Å². The smallest absolute Gasteiger partial charge is 0.160 e. The van der Waals surface area contributed by atoms with Crippen LogP contribution in [0.25, 0.3) is 66.4 Å². The number of hydrogen-bond donors (Lipinski definition) is 1. The van der Waals surface area contributed by atoms with Gasteiger partial charge in [0.15, 0.2) is 5.84 Å². The molecule has 0 radical (unpaired) electrons. The van der Waals surface area contributed by atoms with Gasteiger partial charge in [0.05, 0.1) is 0 Å². The lowest BCUT2D eigenvalue weighted by Gasteiger charge is -2.24. The minimum Gasteiger partial charge on any atom is -0.455 e. The van der Waals surface area contributed by atoms with Crippen molar-refractivity contribution in [3.8, 4) is 44.5 Å². The number of furan rings is 1. The third-order valence-electron chi connectivity index (χ3n) is 10.4. The van der Waals surface area contributed by atoms with Crippen molar-refractivity contribution in [1.29, 1.82) is 0 Å². The Hall–Kier alpha value is -7.30. The molecule has 1 aromatic heterocycles. The van der Waals surface area contributed by atoms with Crippen molar-refractivity contribution in [3.63, 3.8) is 0 Å². The first-order valence-electron chi connectivity index (χ1n) is 18.6. The topological polar surface area (TPSA) is 49.9 Å². The minimum absolute atomic E-state index is 0.319. The van der Waals surface area contributed by atoms with Crippen molar-refractivity contribution in [1.82, 2.24) is 5.32 Å². The summed E-state index contributed by atoms with van der Waals surface area (Å²) in [5.41, 5.74) is 13.6. The Morgan fingerprint density at radius 2 is 0.855 bits per heavy atom. The zero-order chi connectivity index (χ0) is 36.6. The van der Waals surface area contributed by atoms with Crippen molar-refractivity contribution < 1.29 is 4.42 Å². The molecular formula is C51H35N3O. The number of nitrogens with one attached hydrogen (secondary N) is 1. The van der Waals surface area contributed by atoms with Gasteiger partial charge in [-0.2, -0.15) is 0 Å². The van der Waals surface area contributed by atoms with Gasteiger partial charge in [0, 0.05) is 33.0 Å². The Kier molecular flexibility index (Phi) is 8.19. The van der Waals surface area contributed by atoms with Crippen molar-refractivity contribution in [2.45, 2.75) is 6.17 Å². The normalized spacial score (nSPS) is 14.0. The molecule has 55 heavy (non-hydrogen) atoms. The van der Waals surface area contributed by atoms with Crippen LogP contribution in [0, 0.1) is 0 Å². The van der Waals surface area contributed by atoms with Crippen LogP contribution in [-0.2, 0) is 0 Å². The molecule has 0 fully saturated rings. The average molecular weight is 706 g/mol. The van der Waals surface area contributed by atoms with Gasteiger partial charge in [-0.05, 0) is 51.1 Å². The van der Waals surface area contributed by atoms with E-state index < -0.39 is 0 Å². The fraction of sp³-hybridized carbons (Fsp3) is 0.0196. The van der Waals surface area contributed by atoms with Crippen LogP contribution in [0.3, 0.4) is 0 Å². The molecule has 1 aliphatic rings. The van der Waals surface area contributed by atoms with E-state index in [4.69, 9.17) is 14.4 Å². The largest absolute Gasteiger partial charge is 0.455 e. The highest BCUT2D eigenvalue weighted by Crippen LogP contribution is 2.43. The maximum absolute atomic E-state index is 7.09. The quantitative estimate of drug-likeness (QED) is 0.179. The van der Waals surface area contributed by atoms with Crippen LogP contribution in [0.1, 0.15) is 22.9 Å². The molecule has 0 bridgehead atoms. The van der Waals surface area contributed by atoms with Crippen LogP contribution < -0.4 is 5.32 Å². The predicted molar refractivity (Wildman–Crippen MR) is 227 cm³/mol. The van der Waals surface area contributed by atoms with Gasteiger partial charge in [-0.25, -0.2) is 9.98 Å². The number of benzene rings is 8. The first-order chi connectivity index (χ1) is 27.3. The standard InChI is InChI=1S/C51H35N3O/c1-5-14-34(15-6-1)36-24-28-38(29-25-36)42-22-13-23-44-46-45(51-53-49(40-18-9-3-10-19-40)52-50(54-51)41-20-11-4-12-21-41)33-32-43(48(46)55-47(42)44)39-30-26-37(27-31-39)35-16-7-2-8-17-35/h1-33,49H,(H,52,53,54). The first kappa shape index (κ1) is 32.4. The summed E-state index contributed by atoms with van der Waals surface area (Å²) in [4.78, 5) is 10.5. The molecule has 1 N–H and O–H groups in total. The number of rotatable bonds is 7. The molecule has 8 aromatic carbocycles. The number of para-hydroxylation sites is 1. The van der Waals surface area contributed by atoms with E-state index in [-0.39, 0.29) is 6.17 Å². The van der Waals surface area contributed by atoms with E-state index in [2.05, 4.69) is 157 Å². The monoisotopic (exact) mass is 705 g/mol. The van der Waals surface area contributed by atoms with Crippen LogP contribution in [0.2, 0.25) is 0 Å². The molecule has 1 atom stereocenters. The maximum atomic E-state index is 7.09. The van der Waals surface area contributed by atoms with E-state index in [1.54, 1.807) is 0 Å². The van der Waals surface area contributed by atoms with Crippen molar-refractivity contribution in [3.05, 3.63) is 217 Å². The molecule has 2 heterocycles. The van der Waals surface area contributed by atoms with Crippen LogP contribution >= 0.6 is 0 Å². The average Bonchev–Trinajstić information content (AvgIpc) is 3.67. The third-order valence-corrected chi connectivity index (χ3v) is 10.4. The number of fused-ring (bicyclic) bond motifs is 3. The summed E-state index contributed by atoms with van der Waals surface area (Å²) in [6.45, 7) is 0. The first-order valence-corrected chi connectivity index (χ1v) is 18.6. The van der Waals surface area contributed by atoms with Crippen molar-refractivity contribution >= 4 is 33.6 Å². The Morgan fingerprint density at radius 1 is 0.382 bits per heavy atom. The third kappa shape index (κ3) is 6.10. The summed E-state index contributed by atoms with van der Waals surface area (Å²) in [5.74, 6) is 1.43. The van der Waals surface area contributed by atoms with Gasteiger partial charge < -0.3 is 9.73 Å². The molecule has 1 unspecified atom stereocenters. The summed E-state index contributed by atoms with van der Waals surface area (Å²) in [5, 5.41) is 5.62. The SMILES string of the molecule is c1ccc(C2=NC(c3ccc(-c4ccc(-c5ccccc5)cc4)c4oc5c(-c6ccc(-c7ccccc7)cc6)cccc5c34)=NC(c3ccccc3)N2)cc1. The van der Waals surface area contributed by atoms with E-state index in [1.165, 1.54) is 22.3 Å². The lowest BCUT2D eigenvalue weighted by Crippen LogP contribution is -2.33.